The van der Waals surface area contributed by atoms with Crippen molar-refractivity contribution >= 4 is 27.4 Å². The Morgan fingerprint density at radius 3 is 2.71 bits per heavy atom. The molecule has 3 heterocycles. The molecule has 1 N–H and O–H groups in total. The molecule has 3 aromatic rings. The van der Waals surface area contributed by atoms with Crippen molar-refractivity contribution in [1.82, 2.24) is 15.3 Å². The lowest BCUT2D eigenvalue weighted by molar-refractivity contribution is 0.724. The molecule has 0 aliphatic carbocycles. The molecule has 1 saturated heterocycles. The van der Waals surface area contributed by atoms with E-state index in [1.807, 2.05) is 6.92 Å². The minimum Gasteiger partial charge on any atom is -0.355 e. The SMILES string of the molecule is Cc1ccc(-c2csc3nc(C)nc(N4CCCNCC4)c23)cc1. The summed E-state index contributed by atoms with van der Waals surface area (Å²) in [6.45, 7) is 8.24. The van der Waals surface area contributed by atoms with E-state index in [1.165, 1.54) is 22.1 Å². The van der Waals surface area contributed by atoms with Crippen molar-refractivity contribution in [3.63, 3.8) is 0 Å². The Bertz CT molecular complexity index is 846. The highest BCUT2D eigenvalue weighted by atomic mass is 32.1. The number of aryl methyl sites for hydroxylation is 2. The van der Waals surface area contributed by atoms with Gasteiger partial charge < -0.3 is 10.2 Å². The molecule has 0 unspecified atom stereocenters. The maximum absolute atomic E-state index is 4.84. The van der Waals surface area contributed by atoms with E-state index in [1.54, 1.807) is 11.3 Å². The van der Waals surface area contributed by atoms with E-state index >= 15 is 0 Å². The highest BCUT2D eigenvalue weighted by molar-refractivity contribution is 7.17. The van der Waals surface area contributed by atoms with E-state index < -0.39 is 0 Å². The van der Waals surface area contributed by atoms with Crippen LogP contribution in [0.15, 0.2) is 29.6 Å². The smallest absolute Gasteiger partial charge is 0.141 e. The zero-order valence-electron chi connectivity index (χ0n) is 14.2. The lowest BCUT2D eigenvalue weighted by Gasteiger charge is -2.22. The van der Waals surface area contributed by atoms with Gasteiger partial charge in [0.15, 0.2) is 0 Å². The number of thiophene rings is 1. The van der Waals surface area contributed by atoms with E-state index in [4.69, 9.17) is 4.98 Å². The maximum Gasteiger partial charge on any atom is 0.141 e. The summed E-state index contributed by atoms with van der Waals surface area (Å²) in [5.74, 6) is 1.95. The fourth-order valence-electron chi connectivity index (χ4n) is 3.26. The van der Waals surface area contributed by atoms with Crippen molar-refractivity contribution in [1.29, 1.82) is 0 Å². The van der Waals surface area contributed by atoms with Crippen LogP contribution in [0, 0.1) is 13.8 Å². The topological polar surface area (TPSA) is 41.1 Å². The van der Waals surface area contributed by atoms with Crippen molar-refractivity contribution in [3.05, 3.63) is 41.0 Å². The van der Waals surface area contributed by atoms with Crippen LogP contribution < -0.4 is 10.2 Å². The van der Waals surface area contributed by atoms with Gasteiger partial charge >= 0.3 is 0 Å². The summed E-state index contributed by atoms with van der Waals surface area (Å²) in [4.78, 5) is 13.0. The molecule has 4 rings (SSSR count). The number of nitrogens with zero attached hydrogens (tertiary/aromatic N) is 3. The van der Waals surface area contributed by atoms with Crippen molar-refractivity contribution < 1.29 is 0 Å². The summed E-state index contributed by atoms with van der Waals surface area (Å²) in [5, 5.41) is 6.90. The highest BCUT2D eigenvalue weighted by Gasteiger charge is 2.19. The first-order valence-electron chi connectivity index (χ1n) is 8.51. The van der Waals surface area contributed by atoms with Gasteiger partial charge in [0.25, 0.3) is 0 Å². The summed E-state index contributed by atoms with van der Waals surface area (Å²) in [7, 11) is 0. The quantitative estimate of drug-likeness (QED) is 0.772. The predicted molar refractivity (Wildman–Crippen MR) is 102 cm³/mol. The van der Waals surface area contributed by atoms with Gasteiger partial charge in [0.05, 0.1) is 5.39 Å². The average Bonchev–Trinajstić information content (AvgIpc) is 2.81. The Hall–Kier alpha value is -1.98. The van der Waals surface area contributed by atoms with Crippen LogP contribution in [0.4, 0.5) is 5.82 Å². The monoisotopic (exact) mass is 338 g/mol. The first kappa shape index (κ1) is 15.5. The van der Waals surface area contributed by atoms with Gasteiger partial charge in [0.1, 0.15) is 16.5 Å². The van der Waals surface area contributed by atoms with Gasteiger partial charge in [-0.05, 0) is 32.4 Å². The standard InChI is InChI=1S/C19H22N4S/c1-13-4-6-15(7-5-13)16-12-24-19-17(16)18(21-14(2)22-19)23-10-3-8-20-9-11-23/h4-7,12,20H,3,8-11H2,1-2H3. The molecule has 24 heavy (non-hydrogen) atoms. The van der Waals surface area contributed by atoms with Crippen LogP contribution in [-0.4, -0.2) is 36.1 Å². The van der Waals surface area contributed by atoms with E-state index in [0.717, 1.165) is 49.1 Å². The summed E-state index contributed by atoms with van der Waals surface area (Å²) < 4.78 is 0. The number of hydrogen-bond donors (Lipinski definition) is 1. The Morgan fingerprint density at radius 2 is 1.88 bits per heavy atom. The molecule has 5 heteroatoms. The predicted octanol–water partition coefficient (Wildman–Crippen LogP) is 3.77. The zero-order chi connectivity index (χ0) is 16.5. The lowest BCUT2D eigenvalue weighted by Crippen LogP contribution is -2.29. The largest absolute Gasteiger partial charge is 0.355 e. The minimum absolute atomic E-state index is 0.854. The first-order chi connectivity index (χ1) is 11.7. The second-order valence-electron chi connectivity index (χ2n) is 6.38. The maximum atomic E-state index is 4.84. The molecule has 4 nitrogen and oxygen atoms in total. The number of rotatable bonds is 2. The van der Waals surface area contributed by atoms with Gasteiger partial charge in [-0.1, -0.05) is 29.8 Å². The van der Waals surface area contributed by atoms with Gasteiger partial charge in [0.2, 0.25) is 0 Å². The number of anilines is 1. The van der Waals surface area contributed by atoms with Gasteiger partial charge in [-0.2, -0.15) is 0 Å². The molecule has 1 aliphatic rings. The van der Waals surface area contributed by atoms with Crippen LogP contribution in [0.3, 0.4) is 0 Å². The molecule has 2 aromatic heterocycles. The summed E-state index contributed by atoms with van der Waals surface area (Å²) in [6, 6.07) is 8.74. The van der Waals surface area contributed by atoms with Crippen molar-refractivity contribution in [3.8, 4) is 11.1 Å². The van der Waals surface area contributed by atoms with Gasteiger partial charge in [-0.3, -0.25) is 0 Å². The lowest BCUT2D eigenvalue weighted by atomic mass is 10.0. The number of hydrogen-bond acceptors (Lipinski definition) is 5. The number of aromatic nitrogens is 2. The molecule has 0 atom stereocenters. The van der Waals surface area contributed by atoms with Gasteiger partial charge in [-0.25, -0.2) is 9.97 Å². The van der Waals surface area contributed by atoms with E-state index in [9.17, 15) is 0 Å². The number of benzene rings is 1. The number of fused-ring (bicyclic) bond motifs is 1. The zero-order valence-corrected chi connectivity index (χ0v) is 15.0. The molecule has 124 valence electrons. The Balaban J connectivity index is 1.88. The Kier molecular flexibility index (Phi) is 4.21. The van der Waals surface area contributed by atoms with Crippen LogP contribution in [-0.2, 0) is 0 Å². The van der Waals surface area contributed by atoms with E-state index in [-0.39, 0.29) is 0 Å². The average molecular weight is 338 g/mol. The number of nitrogens with one attached hydrogen (secondary N) is 1. The molecule has 1 aromatic carbocycles. The highest BCUT2D eigenvalue weighted by Crippen LogP contribution is 2.38. The fourth-order valence-corrected chi connectivity index (χ4v) is 4.25. The third kappa shape index (κ3) is 2.89. The Labute approximate surface area is 146 Å². The third-order valence-electron chi connectivity index (χ3n) is 4.53. The third-order valence-corrected chi connectivity index (χ3v) is 5.40. The molecule has 1 fully saturated rings. The molecule has 0 amide bonds. The van der Waals surface area contributed by atoms with E-state index in [0.29, 0.717) is 0 Å². The second-order valence-corrected chi connectivity index (χ2v) is 7.24. The Morgan fingerprint density at radius 1 is 1.04 bits per heavy atom. The van der Waals surface area contributed by atoms with Crippen molar-refractivity contribution in [2.24, 2.45) is 0 Å². The molecule has 0 saturated carbocycles. The van der Waals surface area contributed by atoms with Gasteiger partial charge in [0, 0.05) is 30.6 Å². The van der Waals surface area contributed by atoms with E-state index in [2.05, 4.69) is 51.8 Å². The summed E-state index contributed by atoms with van der Waals surface area (Å²) in [5.41, 5.74) is 3.78. The summed E-state index contributed by atoms with van der Waals surface area (Å²) in [6.07, 6.45) is 1.15. The molecule has 0 spiro atoms. The van der Waals surface area contributed by atoms with Crippen LogP contribution in [0.2, 0.25) is 0 Å². The minimum atomic E-state index is 0.854. The normalized spacial score (nSPS) is 15.7. The van der Waals surface area contributed by atoms with Crippen LogP contribution in [0.5, 0.6) is 0 Å². The molecule has 0 bridgehead atoms. The van der Waals surface area contributed by atoms with Crippen LogP contribution in [0.1, 0.15) is 17.8 Å². The van der Waals surface area contributed by atoms with Crippen molar-refractivity contribution in [2.75, 3.05) is 31.1 Å². The molecular formula is C19H22N4S. The molecule has 0 radical (unpaired) electrons. The van der Waals surface area contributed by atoms with Gasteiger partial charge in [-0.15, -0.1) is 11.3 Å². The first-order valence-corrected chi connectivity index (χ1v) is 9.39. The summed E-state index contributed by atoms with van der Waals surface area (Å²) >= 11 is 1.72. The van der Waals surface area contributed by atoms with Crippen LogP contribution in [0.25, 0.3) is 21.3 Å². The van der Waals surface area contributed by atoms with Crippen molar-refractivity contribution in [2.45, 2.75) is 20.3 Å². The fraction of sp³-hybridized carbons (Fsp3) is 0.368. The molecule has 1 aliphatic heterocycles. The van der Waals surface area contributed by atoms with Crippen LogP contribution >= 0.6 is 11.3 Å². The molecular weight excluding hydrogens is 316 g/mol. The second kappa shape index (κ2) is 6.49.